The Labute approximate surface area is 110 Å². The van der Waals surface area contributed by atoms with Crippen LogP contribution in [0.3, 0.4) is 0 Å². The second-order valence-electron chi connectivity index (χ2n) is 4.15. The van der Waals surface area contributed by atoms with Gasteiger partial charge in [0, 0.05) is 18.3 Å². The Bertz CT molecular complexity index is 539. The first-order chi connectivity index (χ1) is 9.16. The summed E-state index contributed by atoms with van der Waals surface area (Å²) in [5.41, 5.74) is 0.809. The number of carbonyl (C=O) groups excluding carboxylic acids is 1. The van der Waals surface area contributed by atoms with E-state index in [1.165, 1.54) is 6.33 Å². The second-order valence-corrected chi connectivity index (χ2v) is 4.15. The molecule has 0 fully saturated rings. The van der Waals surface area contributed by atoms with Gasteiger partial charge in [0.05, 0.1) is 6.10 Å². The minimum Gasteiger partial charge on any atom is -0.475 e. The van der Waals surface area contributed by atoms with E-state index < -0.39 is 0 Å². The van der Waals surface area contributed by atoms with Gasteiger partial charge in [-0.25, -0.2) is 9.97 Å². The van der Waals surface area contributed by atoms with Crippen molar-refractivity contribution in [2.24, 2.45) is 0 Å². The van der Waals surface area contributed by atoms with Crippen LogP contribution in [0.1, 0.15) is 30.0 Å². The molecule has 0 aliphatic rings. The number of H-pyrrole nitrogens is 1. The maximum absolute atomic E-state index is 11.7. The number of hydrogen-bond donors (Lipinski definition) is 2. The summed E-state index contributed by atoms with van der Waals surface area (Å²) in [5, 5.41) is 8.84. The molecule has 2 aromatic heterocycles. The molecule has 0 saturated heterocycles. The normalized spacial score (nSPS) is 10.5. The van der Waals surface area contributed by atoms with Gasteiger partial charge in [0.1, 0.15) is 6.33 Å². The number of nitrogens with one attached hydrogen (secondary N) is 2. The summed E-state index contributed by atoms with van der Waals surface area (Å²) < 4.78 is 5.57. The quantitative estimate of drug-likeness (QED) is 0.834. The summed E-state index contributed by atoms with van der Waals surface area (Å²) in [7, 11) is 0. The highest BCUT2D eigenvalue weighted by molar-refractivity contribution is 5.90. The summed E-state index contributed by atoms with van der Waals surface area (Å²) >= 11 is 0. The molecule has 100 valence electrons. The lowest BCUT2D eigenvalue weighted by atomic mass is 10.2. The van der Waals surface area contributed by atoms with Gasteiger partial charge >= 0.3 is 0 Å². The zero-order chi connectivity index (χ0) is 13.7. The van der Waals surface area contributed by atoms with Gasteiger partial charge in [-0.15, -0.1) is 0 Å². The number of aromatic amines is 1. The first-order valence-electron chi connectivity index (χ1n) is 5.91. The molecule has 2 rings (SSSR count). The van der Waals surface area contributed by atoms with Gasteiger partial charge in [0.25, 0.3) is 5.91 Å². The zero-order valence-electron chi connectivity index (χ0n) is 10.8. The summed E-state index contributed by atoms with van der Waals surface area (Å²) in [6, 6.07) is 3.65. The van der Waals surface area contributed by atoms with Crippen LogP contribution in [-0.2, 0) is 6.54 Å². The number of pyridine rings is 1. The minimum absolute atomic E-state index is 0.0265. The van der Waals surface area contributed by atoms with E-state index in [1.807, 2.05) is 19.9 Å². The van der Waals surface area contributed by atoms with Crippen molar-refractivity contribution in [3.8, 4) is 5.88 Å². The van der Waals surface area contributed by atoms with E-state index in [4.69, 9.17) is 4.74 Å². The van der Waals surface area contributed by atoms with Gasteiger partial charge in [0.15, 0.2) is 0 Å². The highest BCUT2D eigenvalue weighted by Gasteiger charge is 2.11. The lowest BCUT2D eigenvalue weighted by molar-refractivity contribution is 0.0940. The molecule has 2 heterocycles. The fourth-order valence-corrected chi connectivity index (χ4v) is 1.46. The van der Waals surface area contributed by atoms with Crippen LogP contribution in [-0.4, -0.2) is 32.2 Å². The van der Waals surface area contributed by atoms with Crippen LogP contribution in [0.25, 0.3) is 0 Å². The molecule has 0 radical (unpaired) electrons. The number of ether oxygens (including phenoxy) is 1. The third kappa shape index (κ3) is 3.51. The van der Waals surface area contributed by atoms with E-state index in [-0.39, 0.29) is 17.8 Å². The van der Waals surface area contributed by atoms with Crippen molar-refractivity contribution in [3.05, 3.63) is 36.0 Å². The maximum Gasteiger partial charge on any atom is 0.288 e. The standard InChI is InChI=1S/C12H15N5O2/c1-8(2)19-12-9(4-3-5-13-12)6-14-11(18)10-15-7-16-17-10/h3-5,7-8H,6H2,1-2H3,(H,14,18)(H,15,16,17). The van der Waals surface area contributed by atoms with Crippen molar-refractivity contribution < 1.29 is 9.53 Å². The minimum atomic E-state index is -0.322. The Morgan fingerprint density at radius 2 is 2.32 bits per heavy atom. The zero-order valence-corrected chi connectivity index (χ0v) is 10.8. The Morgan fingerprint density at radius 3 is 3.00 bits per heavy atom. The largest absolute Gasteiger partial charge is 0.475 e. The molecule has 19 heavy (non-hydrogen) atoms. The van der Waals surface area contributed by atoms with Gasteiger partial charge in [-0.2, -0.15) is 5.10 Å². The molecule has 0 bridgehead atoms. The number of hydrogen-bond acceptors (Lipinski definition) is 5. The van der Waals surface area contributed by atoms with Crippen LogP contribution in [0.2, 0.25) is 0 Å². The molecule has 0 aromatic carbocycles. The third-order valence-electron chi connectivity index (χ3n) is 2.27. The Hall–Kier alpha value is -2.44. The van der Waals surface area contributed by atoms with Crippen molar-refractivity contribution in [3.63, 3.8) is 0 Å². The lowest BCUT2D eigenvalue weighted by Crippen LogP contribution is -2.24. The summed E-state index contributed by atoms with van der Waals surface area (Å²) in [6.45, 7) is 4.16. The predicted molar refractivity (Wildman–Crippen MR) is 67.6 cm³/mol. The number of amides is 1. The third-order valence-corrected chi connectivity index (χ3v) is 2.27. The first-order valence-corrected chi connectivity index (χ1v) is 5.91. The van der Waals surface area contributed by atoms with Crippen LogP contribution >= 0.6 is 0 Å². The average molecular weight is 261 g/mol. The second kappa shape index (κ2) is 5.94. The van der Waals surface area contributed by atoms with E-state index >= 15 is 0 Å². The molecule has 0 atom stereocenters. The van der Waals surface area contributed by atoms with Gasteiger partial charge in [-0.1, -0.05) is 6.07 Å². The maximum atomic E-state index is 11.7. The van der Waals surface area contributed by atoms with E-state index in [2.05, 4.69) is 25.5 Å². The van der Waals surface area contributed by atoms with E-state index in [9.17, 15) is 4.79 Å². The van der Waals surface area contributed by atoms with Crippen molar-refractivity contribution in [2.45, 2.75) is 26.5 Å². The van der Waals surface area contributed by atoms with Gasteiger partial charge in [0.2, 0.25) is 11.7 Å². The summed E-state index contributed by atoms with van der Waals surface area (Å²) in [6.07, 6.45) is 2.96. The number of aromatic nitrogens is 4. The fourth-order valence-electron chi connectivity index (χ4n) is 1.46. The van der Waals surface area contributed by atoms with E-state index in [1.54, 1.807) is 12.3 Å². The van der Waals surface area contributed by atoms with Crippen molar-refractivity contribution in [1.82, 2.24) is 25.5 Å². The first kappa shape index (κ1) is 13.0. The fraction of sp³-hybridized carbons (Fsp3) is 0.333. The lowest BCUT2D eigenvalue weighted by Gasteiger charge is -2.12. The topological polar surface area (TPSA) is 92.8 Å². The predicted octanol–water partition coefficient (Wildman–Crippen LogP) is 0.917. The Balaban J connectivity index is 2.01. The Kier molecular flexibility index (Phi) is 4.07. The van der Waals surface area contributed by atoms with Crippen LogP contribution in [0.15, 0.2) is 24.7 Å². The van der Waals surface area contributed by atoms with E-state index in [0.29, 0.717) is 12.4 Å². The number of carbonyl (C=O) groups is 1. The molecule has 0 saturated carbocycles. The van der Waals surface area contributed by atoms with Crippen LogP contribution in [0.5, 0.6) is 5.88 Å². The molecule has 1 amide bonds. The molecule has 7 heteroatoms. The Morgan fingerprint density at radius 1 is 1.47 bits per heavy atom. The number of nitrogens with zero attached hydrogens (tertiary/aromatic N) is 3. The summed E-state index contributed by atoms with van der Waals surface area (Å²) in [5.74, 6) is 0.377. The van der Waals surface area contributed by atoms with Crippen molar-refractivity contribution in [2.75, 3.05) is 0 Å². The number of rotatable bonds is 5. The molecule has 0 spiro atoms. The van der Waals surface area contributed by atoms with Gasteiger partial charge in [-0.05, 0) is 19.9 Å². The van der Waals surface area contributed by atoms with Crippen LogP contribution < -0.4 is 10.1 Å². The van der Waals surface area contributed by atoms with Crippen LogP contribution in [0.4, 0.5) is 0 Å². The van der Waals surface area contributed by atoms with Crippen LogP contribution in [0, 0.1) is 0 Å². The molecule has 0 unspecified atom stereocenters. The molecule has 0 aliphatic carbocycles. The molecule has 7 nitrogen and oxygen atoms in total. The SMILES string of the molecule is CC(C)Oc1ncccc1CNC(=O)c1ncn[nH]1. The molecular weight excluding hydrogens is 246 g/mol. The average Bonchev–Trinajstić information content (AvgIpc) is 2.90. The molecule has 0 aliphatic heterocycles. The van der Waals surface area contributed by atoms with Crippen molar-refractivity contribution in [1.29, 1.82) is 0 Å². The molecule has 2 N–H and O–H groups in total. The van der Waals surface area contributed by atoms with Gasteiger partial charge < -0.3 is 10.1 Å². The smallest absolute Gasteiger partial charge is 0.288 e. The highest BCUT2D eigenvalue weighted by Crippen LogP contribution is 2.15. The highest BCUT2D eigenvalue weighted by atomic mass is 16.5. The van der Waals surface area contributed by atoms with E-state index in [0.717, 1.165) is 5.56 Å². The monoisotopic (exact) mass is 261 g/mol. The van der Waals surface area contributed by atoms with Gasteiger partial charge in [-0.3, -0.25) is 9.89 Å². The summed E-state index contributed by atoms with van der Waals surface area (Å²) in [4.78, 5) is 19.6. The molecule has 2 aromatic rings. The molecular formula is C12H15N5O2. The van der Waals surface area contributed by atoms with Crippen molar-refractivity contribution >= 4 is 5.91 Å².